The molecule has 1 fully saturated rings. The Morgan fingerprint density at radius 1 is 1.23 bits per heavy atom. The predicted molar refractivity (Wildman–Crippen MR) is 122 cm³/mol. The lowest BCUT2D eigenvalue weighted by molar-refractivity contribution is -0.147. The minimum absolute atomic E-state index is 0.0137. The molecule has 0 aliphatic carbocycles. The third-order valence-electron chi connectivity index (χ3n) is 6.16. The number of nitrogens with zero attached hydrogens (tertiary/aromatic N) is 4. The number of hydrogen-bond donors (Lipinski definition) is 0. The van der Waals surface area contributed by atoms with E-state index in [-0.39, 0.29) is 11.9 Å². The minimum atomic E-state index is -0.546. The Hall–Kier alpha value is -2.41. The van der Waals surface area contributed by atoms with Crippen molar-refractivity contribution in [2.75, 3.05) is 31.1 Å². The lowest BCUT2D eigenvalue weighted by Crippen LogP contribution is -2.53. The number of fused-ring (bicyclic) bond motifs is 2. The Bertz CT molecular complexity index is 1150. The summed E-state index contributed by atoms with van der Waals surface area (Å²) in [6.07, 6.45) is 5.52. The summed E-state index contributed by atoms with van der Waals surface area (Å²) in [6, 6.07) is 7.50. The molecule has 1 amide bonds. The Kier molecular flexibility index (Phi) is 5.46. The van der Waals surface area contributed by atoms with Gasteiger partial charge in [-0.3, -0.25) is 14.8 Å². The topological polar surface area (TPSA) is 58.6 Å². The summed E-state index contributed by atoms with van der Waals surface area (Å²) in [5.74, 6) is -0.0137. The second-order valence-electron chi connectivity index (χ2n) is 7.95. The van der Waals surface area contributed by atoms with Crippen LogP contribution in [0.2, 0.25) is 10.0 Å². The summed E-state index contributed by atoms with van der Waals surface area (Å²) in [7, 11) is 0. The molecule has 0 radical (unpaired) electrons. The summed E-state index contributed by atoms with van der Waals surface area (Å²) >= 11 is 12.6. The van der Waals surface area contributed by atoms with Crippen LogP contribution in [0, 0.1) is 0 Å². The first kappa shape index (κ1) is 20.5. The molecule has 0 bridgehead atoms. The number of benzene rings is 1. The second kappa shape index (κ2) is 8.26. The first-order chi connectivity index (χ1) is 15.0. The lowest BCUT2D eigenvalue weighted by atomic mass is 9.93. The highest BCUT2D eigenvalue weighted by Gasteiger charge is 2.36. The first-order valence-corrected chi connectivity index (χ1v) is 11.1. The van der Waals surface area contributed by atoms with Crippen molar-refractivity contribution in [1.29, 1.82) is 0 Å². The maximum absolute atomic E-state index is 13.5. The van der Waals surface area contributed by atoms with E-state index >= 15 is 0 Å². The fraction of sp³-hybridized carbons (Fsp3) is 0.348. The average molecular weight is 457 g/mol. The van der Waals surface area contributed by atoms with Crippen LogP contribution in [-0.2, 0) is 16.0 Å². The largest absolute Gasteiger partial charge is 0.365 e. The highest BCUT2D eigenvalue weighted by atomic mass is 35.5. The van der Waals surface area contributed by atoms with E-state index in [2.05, 4.69) is 14.9 Å². The molecule has 3 aromatic rings. The molecule has 5 rings (SSSR count). The zero-order valence-corrected chi connectivity index (χ0v) is 18.6. The van der Waals surface area contributed by atoms with Gasteiger partial charge in [0.05, 0.1) is 42.8 Å². The number of halogens is 2. The number of morpholine rings is 1. The van der Waals surface area contributed by atoms with Crippen molar-refractivity contribution in [2.24, 2.45) is 0 Å². The zero-order valence-electron chi connectivity index (χ0n) is 17.1. The van der Waals surface area contributed by atoms with E-state index in [0.29, 0.717) is 36.3 Å². The summed E-state index contributed by atoms with van der Waals surface area (Å²) < 4.78 is 5.92. The van der Waals surface area contributed by atoms with Crippen LogP contribution >= 0.6 is 23.2 Å². The van der Waals surface area contributed by atoms with E-state index in [9.17, 15) is 4.79 Å². The molecule has 1 aromatic carbocycles. The molecule has 8 heteroatoms. The van der Waals surface area contributed by atoms with Crippen molar-refractivity contribution in [3.05, 3.63) is 64.0 Å². The number of carbonyl (C=O) groups excluding carboxylic acids is 1. The van der Waals surface area contributed by atoms with Crippen LogP contribution in [0.5, 0.6) is 0 Å². The van der Waals surface area contributed by atoms with Crippen molar-refractivity contribution in [2.45, 2.75) is 25.5 Å². The van der Waals surface area contributed by atoms with Gasteiger partial charge in [-0.15, -0.1) is 0 Å². The van der Waals surface area contributed by atoms with Crippen LogP contribution < -0.4 is 4.90 Å². The summed E-state index contributed by atoms with van der Waals surface area (Å²) in [4.78, 5) is 26.2. The van der Waals surface area contributed by atoms with Gasteiger partial charge in [-0.05, 0) is 48.7 Å². The Morgan fingerprint density at radius 3 is 2.97 bits per heavy atom. The molecular formula is C23H22Cl2N4O2. The van der Waals surface area contributed by atoms with Gasteiger partial charge < -0.3 is 14.5 Å². The van der Waals surface area contributed by atoms with Gasteiger partial charge in [-0.2, -0.15) is 0 Å². The molecule has 2 aromatic heterocycles. The number of ether oxygens (including phenoxy) is 1. The van der Waals surface area contributed by atoms with Gasteiger partial charge in [0.25, 0.3) is 5.91 Å². The quantitative estimate of drug-likeness (QED) is 0.575. The molecule has 2 aliphatic rings. The van der Waals surface area contributed by atoms with E-state index in [0.717, 1.165) is 34.1 Å². The van der Waals surface area contributed by atoms with Gasteiger partial charge in [0.15, 0.2) is 6.10 Å². The molecule has 0 spiro atoms. The van der Waals surface area contributed by atoms with Crippen molar-refractivity contribution < 1.29 is 9.53 Å². The maximum atomic E-state index is 13.5. The minimum Gasteiger partial charge on any atom is -0.365 e. The normalized spacial score (nSPS) is 21.3. The zero-order chi connectivity index (χ0) is 21.5. The molecule has 0 unspecified atom stereocenters. The fourth-order valence-electron chi connectivity index (χ4n) is 4.64. The fourth-order valence-corrected chi connectivity index (χ4v) is 5.34. The third kappa shape index (κ3) is 3.73. The maximum Gasteiger partial charge on any atom is 0.254 e. The van der Waals surface area contributed by atoms with Crippen molar-refractivity contribution in [3.63, 3.8) is 0 Å². The highest BCUT2D eigenvalue weighted by Crippen LogP contribution is 2.37. The van der Waals surface area contributed by atoms with Gasteiger partial charge in [-0.25, -0.2) is 0 Å². The molecule has 0 saturated carbocycles. The summed E-state index contributed by atoms with van der Waals surface area (Å²) in [6.45, 7) is 4.27. The number of anilines is 1. The van der Waals surface area contributed by atoms with E-state index in [1.54, 1.807) is 18.5 Å². The predicted octanol–water partition coefficient (Wildman–Crippen LogP) is 4.29. The molecule has 31 heavy (non-hydrogen) atoms. The second-order valence-corrected chi connectivity index (χ2v) is 8.80. The Labute approximate surface area is 190 Å². The smallest absolute Gasteiger partial charge is 0.254 e. The highest BCUT2D eigenvalue weighted by molar-refractivity contribution is 6.35. The van der Waals surface area contributed by atoms with Crippen LogP contribution in [0.3, 0.4) is 0 Å². The average Bonchev–Trinajstić information content (AvgIpc) is 2.78. The monoisotopic (exact) mass is 456 g/mol. The van der Waals surface area contributed by atoms with Crippen LogP contribution in [0.25, 0.3) is 10.9 Å². The van der Waals surface area contributed by atoms with Gasteiger partial charge in [0, 0.05) is 34.7 Å². The third-order valence-corrected chi connectivity index (χ3v) is 6.69. The van der Waals surface area contributed by atoms with E-state index in [1.807, 2.05) is 36.2 Å². The van der Waals surface area contributed by atoms with Gasteiger partial charge in [0.2, 0.25) is 0 Å². The molecule has 4 heterocycles. The SMILES string of the molecule is C[C@H]1c2c(Cl)cc(Cl)cc2CCN1C(=O)[C@H]1CN(c2cncc3ncccc23)CCO1. The molecule has 6 nitrogen and oxygen atoms in total. The Balaban J connectivity index is 1.39. The van der Waals surface area contributed by atoms with Crippen LogP contribution in [-0.4, -0.2) is 53.1 Å². The van der Waals surface area contributed by atoms with E-state index < -0.39 is 6.10 Å². The molecular weight excluding hydrogens is 435 g/mol. The van der Waals surface area contributed by atoms with E-state index in [1.165, 1.54) is 0 Å². The summed E-state index contributed by atoms with van der Waals surface area (Å²) in [5.41, 5.74) is 3.89. The van der Waals surface area contributed by atoms with Crippen LogP contribution in [0.1, 0.15) is 24.1 Å². The van der Waals surface area contributed by atoms with Crippen LogP contribution in [0.15, 0.2) is 42.9 Å². The number of pyridine rings is 2. The van der Waals surface area contributed by atoms with E-state index in [4.69, 9.17) is 27.9 Å². The molecule has 2 aliphatic heterocycles. The number of carbonyl (C=O) groups is 1. The summed E-state index contributed by atoms with van der Waals surface area (Å²) in [5, 5.41) is 2.25. The van der Waals surface area contributed by atoms with Gasteiger partial charge >= 0.3 is 0 Å². The molecule has 1 saturated heterocycles. The number of amides is 1. The van der Waals surface area contributed by atoms with Crippen LogP contribution in [0.4, 0.5) is 5.69 Å². The molecule has 2 atom stereocenters. The molecule has 160 valence electrons. The number of rotatable bonds is 2. The Morgan fingerprint density at radius 2 is 2.10 bits per heavy atom. The number of hydrogen-bond acceptors (Lipinski definition) is 5. The van der Waals surface area contributed by atoms with Crippen molar-refractivity contribution in [3.8, 4) is 0 Å². The lowest BCUT2D eigenvalue weighted by Gasteiger charge is -2.40. The number of aromatic nitrogens is 2. The molecule has 0 N–H and O–H groups in total. The van der Waals surface area contributed by atoms with Crippen molar-refractivity contribution in [1.82, 2.24) is 14.9 Å². The standard InChI is InChI=1S/C23H22Cl2N4O2/c1-14-22-15(9-16(24)10-18(22)25)4-6-29(14)23(30)21-13-28(7-8-31-21)20-12-26-11-19-17(20)3-2-5-27-19/h2-3,5,9-12,14,21H,4,6-8,13H2,1H3/t14-,21+/m0/s1. The van der Waals surface area contributed by atoms with Crippen molar-refractivity contribution >= 4 is 45.7 Å². The van der Waals surface area contributed by atoms with Gasteiger partial charge in [0.1, 0.15) is 0 Å². The van der Waals surface area contributed by atoms with Gasteiger partial charge in [-0.1, -0.05) is 23.2 Å². The first-order valence-electron chi connectivity index (χ1n) is 10.4.